The van der Waals surface area contributed by atoms with E-state index in [-0.39, 0.29) is 22.8 Å². The molecule has 2 aromatic carbocycles. The van der Waals surface area contributed by atoms with Gasteiger partial charge in [0.25, 0.3) is 5.72 Å². The van der Waals surface area contributed by atoms with Crippen LogP contribution in [0.3, 0.4) is 0 Å². The third-order valence-corrected chi connectivity index (χ3v) is 5.93. The third kappa shape index (κ3) is 3.33. The van der Waals surface area contributed by atoms with Gasteiger partial charge in [-0.25, -0.2) is 13.9 Å². The SMILES string of the molecule is OC1(c2ccc(F)cc2)CN(c2ccc(Cl)cc2)C2=[N+]1CCCS2.[Br-]. The third-order valence-electron chi connectivity index (χ3n) is 4.49. The van der Waals surface area contributed by atoms with E-state index in [0.29, 0.717) is 17.1 Å². The number of amidine groups is 1. The van der Waals surface area contributed by atoms with Crippen LogP contribution in [0, 0.1) is 5.82 Å². The van der Waals surface area contributed by atoms with Crippen LogP contribution in [0.5, 0.6) is 0 Å². The first kappa shape index (κ1) is 18.7. The van der Waals surface area contributed by atoms with Crippen LogP contribution in [0.1, 0.15) is 12.0 Å². The van der Waals surface area contributed by atoms with Crippen molar-refractivity contribution < 1.29 is 31.1 Å². The van der Waals surface area contributed by atoms with Gasteiger partial charge in [-0.2, -0.15) is 0 Å². The smallest absolute Gasteiger partial charge is 0.316 e. The number of thioether (sulfide) groups is 1. The number of rotatable bonds is 2. The summed E-state index contributed by atoms with van der Waals surface area (Å²) in [7, 11) is 0. The minimum absolute atomic E-state index is 0. The van der Waals surface area contributed by atoms with Gasteiger partial charge in [0, 0.05) is 16.3 Å². The fourth-order valence-corrected chi connectivity index (χ4v) is 4.59. The van der Waals surface area contributed by atoms with Gasteiger partial charge in [-0.3, -0.25) is 0 Å². The molecule has 0 aliphatic carbocycles. The van der Waals surface area contributed by atoms with E-state index >= 15 is 0 Å². The second kappa shape index (κ2) is 7.27. The lowest BCUT2D eigenvalue weighted by molar-refractivity contribution is -0.656. The molecule has 0 radical (unpaired) electrons. The Morgan fingerprint density at radius 3 is 2.48 bits per heavy atom. The first-order chi connectivity index (χ1) is 11.6. The lowest BCUT2D eigenvalue weighted by Crippen LogP contribution is -3.00. The quantitative estimate of drug-likeness (QED) is 0.691. The van der Waals surface area contributed by atoms with Crippen LogP contribution in [0.2, 0.25) is 5.02 Å². The molecule has 1 atom stereocenters. The molecule has 1 unspecified atom stereocenters. The van der Waals surface area contributed by atoms with Gasteiger partial charge in [-0.1, -0.05) is 11.6 Å². The first-order valence-electron chi connectivity index (χ1n) is 7.87. The van der Waals surface area contributed by atoms with Crippen LogP contribution >= 0.6 is 23.4 Å². The molecule has 0 aromatic heterocycles. The maximum absolute atomic E-state index is 13.3. The highest BCUT2D eigenvalue weighted by atomic mass is 79.9. The van der Waals surface area contributed by atoms with Crippen molar-refractivity contribution in [3.8, 4) is 0 Å². The summed E-state index contributed by atoms with van der Waals surface area (Å²) >= 11 is 7.74. The predicted octanol–water partition coefficient (Wildman–Crippen LogP) is 0.654. The molecule has 0 spiro atoms. The summed E-state index contributed by atoms with van der Waals surface area (Å²) in [5.41, 5.74) is 0.544. The molecule has 3 nitrogen and oxygen atoms in total. The van der Waals surface area contributed by atoms with Crippen LogP contribution in [-0.4, -0.2) is 33.7 Å². The summed E-state index contributed by atoms with van der Waals surface area (Å²) in [6, 6.07) is 13.7. The van der Waals surface area contributed by atoms with E-state index in [4.69, 9.17) is 11.6 Å². The topological polar surface area (TPSA) is 26.5 Å². The summed E-state index contributed by atoms with van der Waals surface area (Å²) < 4.78 is 15.3. The van der Waals surface area contributed by atoms with E-state index in [1.54, 1.807) is 23.9 Å². The van der Waals surface area contributed by atoms with Gasteiger partial charge in [0.05, 0.1) is 6.54 Å². The molecule has 0 saturated heterocycles. The highest BCUT2D eigenvalue weighted by Crippen LogP contribution is 2.37. The van der Waals surface area contributed by atoms with E-state index in [2.05, 4.69) is 4.90 Å². The molecule has 7 heteroatoms. The van der Waals surface area contributed by atoms with E-state index in [9.17, 15) is 9.50 Å². The molecule has 2 aromatic rings. The molecule has 0 amide bonds. The molecule has 2 aliphatic heterocycles. The minimum Gasteiger partial charge on any atom is -1.00 e. The average molecular weight is 444 g/mol. The van der Waals surface area contributed by atoms with Crippen LogP contribution in [0.15, 0.2) is 48.5 Å². The Labute approximate surface area is 165 Å². The molecule has 0 bridgehead atoms. The van der Waals surface area contributed by atoms with Crippen LogP contribution < -0.4 is 21.9 Å². The number of hydrogen-bond donors (Lipinski definition) is 1. The van der Waals surface area contributed by atoms with Crippen LogP contribution in [0.25, 0.3) is 0 Å². The first-order valence-corrected chi connectivity index (χ1v) is 9.23. The fourth-order valence-electron chi connectivity index (χ4n) is 3.29. The summed E-state index contributed by atoms with van der Waals surface area (Å²) in [6.07, 6.45) is 1.01. The molecule has 0 saturated carbocycles. The van der Waals surface area contributed by atoms with E-state index in [1.165, 1.54) is 12.1 Å². The number of hydrogen-bond acceptors (Lipinski definition) is 3. The highest BCUT2D eigenvalue weighted by Gasteiger charge is 2.53. The van der Waals surface area contributed by atoms with Gasteiger partial charge >= 0.3 is 5.17 Å². The predicted molar refractivity (Wildman–Crippen MR) is 96.3 cm³/mol. The number of aliphatic hydroxyl groups is 1. The van der Waals surface area contributed by atoms with Crippen molar-refractivity contribution in [1.29, 1.82) is 0 Å². The van der Waals surface area contributed by atoms with E-state index in [1.807, 2.05) is 28.8 Å². The number of benzene rings is 2. The van der Waals surface area contributed by atoms with Crippen LogP contribution in [-0.2, 0) is 5.72 Å². The zero-order chi connectivity index (χ0) is 16.7. The lowest BCUT2D eigenvalue weighted by Gasteiger charge is -2.24. The van der Waals surface area contributed by atoms with Crippen molar-refractivity contribution in [2.45, 2.75) is 12.1 Å². The molecule has 25 heavy (non-hydrogen) atoms. The van der Waals surface area contributed by atoms with Gasteiger partial charge in [0.15, 0.2) is 6.54 Å². The molecule has 4 rings (SSSR count). The van der Waals surface area contributed by atoms with Gasteiger partial charge in [0.2, 0.25) is 0 Å². The number of halogens is 3. The zero-order valence-electron chi connectivity index (χ0n) is 13.3. The summed E-state index contributed by atoms with van der Waals surface area (Å²) in [5, 5.41) is 13.2. The van der Waals surface area contributed by atoms with Gasteiger partial charge in [-0.15, -0.1) is 0 Å². The molecule has 2 aliphatic rings. The van der Waals surface area contributed by atoms with E-state index in [0.717, 1.165) is 29.6 Å². The Morgan fingerprint density at radius 2 is 1.80 bits per heavy atom. The fraction of sp³-hybridized carbons (Fsp3) is 0.278. The molecular weight excluding hydrogens is 427 g/mol. The Kier molecular flexibility index (Phi) is 5.44. The Morgan fingerprint density at radius 1 is 1.12 bits per heavy atom. The van der Waals surface area contributed by atoms with Crippen molar-refractivity contribution in [3.63, 3.8) is 0 Å². The monoisotopic (exact) mass is 442 g/mol. The Bertz CT molecular complexity index is 800. The molecule has 2 heterocycles. The summed E-state index contributed by atoms with van der Waals surface area (Å²) in [4.78, 5) is 2.11. The normalized spacial score (nSPS) is 22.6. The van der Waals surface area contributed by atoms with Crippen molar-refractivity contribution in [1.82, 2.24) is 0 Å². The van der Waals surface area contributed by atoms with Gasteiger partial charge in [0.1, 0.15) is 11.5 Å². The average Bonchev–Trinajstić information content (AvgIpc) is 2.91. The maximum Gasteiger partial charge on any atom is 0.316 e. The summed E-state index contributed by atoms with van der Waals surface area (Å²) in [5.74, 6) is 0.724. The maximum atomic E-state index is 13.3. The second-order valence-electron chi connectivity index (χ2n) is 6.02. The molecule has 1 N–H and O–H groups in total. The minimum atomic E-state index is -1.16. The highest BCUT2D eigenvalue weighted by molar-refractivity contribution is 8.13. The molecule has 0 fully saturated rings. The number of β-amino-alcohol motifs (C(OH)–C–C–N with tert-alkyl or cyclic N) is 1. The lowest BCUT2D eigenvalue weighted by atomic mass is 10.0. The van der Waals surface area contributed by atoms with Crippen molar-refractivity contribution >= 4 is 34.2 Å². The standard InChI is InChI=1S/C18H17ClFN2OS.BrH/c19-14-4-8-16(9-5-14)21-12-18(23,13-2-6-15(20)7-3-13)22-10-1-11-24-17(21)22;/h2-9,23H,1,10-12H2;1H/q+1;/p-1. The summed E-state index contributed by atoms with van der Waals surface area (Å²) in [6.45, 7) is 1.18. The largest absolute Gasteiger partial charge is 1.00 e. The van der Waals surface area contributed by atoms with Crippen molar-refractivity contribution in [3.05, 3.63) is 64.9 Å². The van der Waals surface area contributed by atoms with Crippen LogP contribution in [0.4, 0.5) is 10.1 Å². The van der Waals surface area contributed by atoms with Gasteiger partial charge < -0.3 is 22.1 Å². The van der Waals surface area contributed by atoms with Crippen molar-refractivity contribution in [2.24, 2.45) is 0 Å². The van der Waals surface area contributed by atoms with Gasteiger partial charge in [-0.05, 0) is 66.7 Å². The van der Waals surface area contributed by atoms with E-state index < -0.39 is 5.72 Å². The number of anilines is 1. The Balaban J connectivity index is 0.00000182. The number of nitrogens with zero attached hydrogens (tertiary/aromatic N) is 2. The van der Waals surface area contributed by atoms with Crippen molar-refractivity contribution in [2.75, 3.05) is 23.7 Å². The zero-order valence-corrected chi connectivity index (χ0v) is 16.5. The molecular formula is C18H17BrClFN2OS. The molecule has 132 valence electrons. The second-order valence-corrected chi connectivity index (χ2v) is 7.52. The Hall–Kier alpha value is -1.08.